The molecule has 2 aromatic carbocycles. The second-order valence-electron chi connectivity index (χ2n) is 6.44. The summed E-state index contributed by atoms with van der Waals surface area (Å²) >= 11 is 0. The number of halogens is 1. The lowest BCUT2D eigenvalue weighted by Gasteiger charge is -2.28. The van der Waals surface area contributed by atoms with E-state index in [2.05, 4.69) is 17.2 Å². The van der Waals surface area contributed by atoms with Gasteiger partial charge in [-0.3, -0.25) is 9.69 Å². The van der Waals surface area contributed by atoms with Crippen LogP contribution < -0.4 is 14.8 Å². The first-order chi connectivity index (χ1) is 13.4. The summed E-state index contributed by atoms with van der Waals surface area (Å²) in [4.78, 5) is 14.9. The monoisotopic (exact) mass is 418 g/mol. The number of amides is 1. The molecule has 0 atom stereocenters. The number of carbonyl (C=O) groups excluding carboxylic acids is 1. The number of nitrogens with one attached hydrogen (secondary N) is 1. The molecule has 156 valence electrons. The van der Waals surface area contributed by atoms with E-state index >= 15 is 0 Å². The number of hydrogen-bond acceptors (Lipinski definition) is 5. The lowest BCUT2D eigenvalue weighted by atomic mass is 9.85. The fraction of sp³-hybridized carbons (Fsp3) is 0.318. The van der Waals surface area contributed by atoms with E-state index < -0.39 is 11.5 Å². The number of hydrogen-bond donors (Lipinski definition) is 2. The molecule has 0 fully saturated rings. The van der Waals surface area contributed by atoms with Crippen LogP contribution in [0, 0.1) is 11.8 Å². The highest BCUT2D eigenvalue weighted by Gasteiger charge is 2.39. The van der Waals surface area contributed by atoms with Gasteiger partial charge in [0.1, 0.15) is 11.5 Å². The van der Waals surface area contributed by atoms with Gasteiger partial charge in [0.2, 0.25) is 0 Å². The number of ether oxygens (including phenoxy) is 2. The molecule has 0 saturated carbocycles. The van der Waals surface area contributed by atoms with Crippen LogP contribution in [0.1, 0.15) is 11.1 Å². The Labute approximate surface area is 178 Å². The zero-order valence-corrected chi connectivity index (χ0v) is 17.9. The number of rotatable bonds is 7. The zero-order valence-electron chi connectivity index (χ0n) is 17.1. The summed E-state index contributed by atoms with van der Waals surface area (Å²) in [6, 6.07) is 13.5. The van der Waals surface area contributed by atoms with E-state index in [9.17, 15) is 9.90 Å². The van der Waals surface area contributed by atoms with Crippen molar-refractivity contribution in [1.82, 2.24) is 10.2 Å². The summed E-state index contributed by atoms with van der Waals surface area (Å²) in [6.07, 6.45) is 0. The maximum absolute atomic E-state index is 13.0. The average molecular weight is 419 g/mol. The third-order valence-electron chi connectivity index (χ3n) is 4.20. The van der Waals surface area contributed by atoms with Gasteiger partial charge in [-0.1, -0.05) is 36.1 Å². The smallest absolute Gasteiger partial charge is 0.262 e. The first-order valence-electron chi connectivity index (χ1n) is 8.82. The molecule has 0 saturated heterocycles. The van der Waals surface area contributed by atoms with Crippen LogP contribution in [0.25, 0.3) is 0 Å². The molecule has 6 nitrogen and oxygen atoms in total. The summed E-state index contributed by atoms with van der Waals surface area (Å²) in [7, 11) is 6.95. The van der Waals surface area contributed by atoms with E-state index in [4.69, 9.17) is 9.47 Å². The van der Waals surface area contributed by atoms with E-state index in [1.165, 1.54) is 0 Å². The molecule has 0 aliphatic heterocycles. The highest BCUT2D eigenvalue weighted by Crippen LogP contribution is 2.32. The van der Waals surface area contributed by atoms with Gasteiger partial charge in [0, 0.05) is 0 Å². The van der Waals surface area contributed by atoms with E-state index in [1.807, 2.05) is 19.0 Å². The van der Waals surface area contributed by atoms with Gasteiger partial charge in [-0.05, 0) is 49.5 Å². The third kappa shape index (κ3) is 6.13. The van der Waals surface area contributed by atoms with Crippen molar-refractivity contribution >= 4 is 18.3 Å². The second kappa shape index (κ2) is 11.3. The lowest BCUT2D eigenvalue weighted by Crippen LogP contribution is -2.45. The maximum atomic E-state index is 13.0. The molecule has 0 unspecified atom stereocenters. The normalized spacial score (nSPS) is 10.4. The lowest BCUT2D eigenvalue weighted by molar-refractivity contribution is -0.136. The quantitative estimate of drug-likeness (QED) is 0.673. The molecule has 0 aromatic heterocycles. The predicted molar refractivity (Wildman–Crippen MR) is 116 cm³/mol. The highest BCUT2D eigenvalue weighted by atomic mass is 35.5. The van der Waals surface area contributed by atoms with Crippen LogP contribution in [0.15, 0.2) is 48.5 Å². The Morgan fingerprint density at radius 2 is 1.41 bits per heavy atom. The topological polar surface area (TPSA) is 71.0 Å². The van der Waals surface area contributed by atoms with Crippen LogP contribution >= 0.6 is 12.4 Å². The Hall–Kier alpha value is -2.72. The summed E-state index contributed by atoms with van der Waals surface area (Å²) < 4.78 is 10.3. The van der Waals surface area contributed by atoms with E-state index in [-0.39, 0.29) is 19.0 Å². The minimum atomic E-state index is -1.87. The van der Waals surface area contributed by atoms with Gasteiger partial charge in [-0.15, -0.1) is 12.4 Å². The molecule has 2 aromatic rings. The van der Waals surface area contributed by atoms with Gasteiger partial charge < -0.3 is 19.9 Å². The summed E-state index contributed by atoms with van der Waals surface area (Å²) in [5, 5.41) is 14.2. The summed E-state index contributed by atoms with van der Waals surface area (Å²) in [5.74, 6) is 6.55. The minimum absolute atomic E-state index is 0. The van der Waals surface area contributed by atoms with Crippen LogP contribution in [0.4, 0.5) is 0 Å². The largest absolute Gasteiger partial charge is 0.497 e. The summed E-state index contributed by atoms with van der Waals surface area (Å²) in [5.41, 5.74) is -1.02. The molecule has 0 radical (unpaired) electrons. The Morgan fingerprint density at radius 1 is 0.966 bits per heavy atom. The molecule has 1 amide bonds. The van der Waals surface area contributed by atoms with Crippen molar-refractivity contribution in [2.75, 3.05) is 41.4 Å². The van der Waals surface area contributed by atoms with Gasteiger partial charge in [-0.2, -0.15) is 0 Å². The molecule has 29 heavy (non-hydrogen) atoms. The standard InChI is InChI=1S/C22H26N2O4.ClH/c1-24(2)16-6-5-15-23-21(25)22(26,17-7-11-19(27-3)12-8-17)18-9-13-20(28-4)14-10-18;/h7-14,26H,15-16H2,1-4H3,(H,23,25);1H. The minimum Gasteiger partial charge on any atom is -0.497 e. The van der Waals surface area contributed by atoms with E-state index in [0.717, 1.165) is 0 Å². The SMILES string of the molecule is COc1ccc(C(O)(C(=O)NCC#CCN(C)C)c2ccc(OC)cc2)cc1.Cl. The van der Waals surface area contributed by atoms with E-state index in [1.54, 1.807) is 62.8 Å². The van der Waals surface area contributed by atoms with Crippen LogP contribution in [-0.2, 0) is 10.4 Å². The number of methoxy groups -OCH3 is 2. The second-order valence-corrected chi connectivity index (χ2v) is 6.44. The van der Waals surface area contributed by atoms with E-state index in [0.29, 0.717) is 29.2 Å². The van der Waals surface area contributed by atoms with Crippen LogP contribution in [0.2, 0.25) is 0 Å². The van der Waals surface area contributed by atoms with Crippen molar-refractivity contribution in [2.45, 2.75) is 5.60 Å². The molecule has 2 N–H and O–H groups in total. The first kappa shape index (κ1) is 24.3. The first-order valence-corrected chi connectivity index (χ1v) is 8.82. The van der Waals surface area contributed by atoms with Crippen molar-refractivity contribution in [1.29, 1.82) is 0 Å². The third-order valence-corrected chi connectivity index (χ3v) is 4.20. The van der Waals surface area contributed by atoms with Crippen LogP contribution in [0.5, 0.6) is 11.5 Å². The molecular formula is C22H27ClN2O4. The number of benzene rings is 2. The van der Waals surface area contributed by atoms with Crippen molar-refractivity contribution in [2.24, 2.45) is 0 Å². The predicted octanol–water partition coefficient (Wildman–Crippen LogP) is 2.04. The molecule has 0 aliphatic carbocycles. The van der Waals surface area contributed by atoms with Gasteiger partial charge in [0.15, 0.2) is 5.60 Å². The molecule has 0 heterocycles. The van der Waals surface area contributed by atoms with Crippen LogP contribution in [0.3, 0.4) is 0 Å². The number of carbonyl (C=O) groups is 1. The van der Waals surface area contributed by atoms with Gasteiger partial charge in [-0.25, -0.2) is 0 Å². The zero-order chi connectivity index (χ0) is 20.6. The Balaban J connectivity index is 0.00000420. The molecule has 2 rings (SSSR count). The van der Waals surface area contributed by atoms with Crippen molar-refractivity contribution in [3.63, 3.8) is 0 Å². The molecule has 0 bridgehead atoms. The Morgan fingerprint density at radius 3 is 1.79 bits per heavy atom. The van der Waals surface area contributed by atoms with Gasteiger partial charge in [0.05, 0.1) is 27.3 Å². The summed E-state index contributed by atoms with van der Waals surface area (Å²) in [6.45, 7) is 0.735. The van der Waals surface area contributed by atoms with Crippen LogP contribution in [-0.4, -0.2) is 57.3 Å². The maximum Gasteiger partial charge on any atom is 0.262 e. The average Bonchev–Trinajstić information content (AvgIpc) is 2.72. The Bertz CT molecular complexity index is 792. The molecule has 0 aliphatic rings. The fourth-order valence-corrected chi connectivity index (χ4v) is 2.62. The molecule has 0 spiro atoms. The number of aliphatic hydroxyl groups is 1. The number of nitrogens with zero attached hydrogens (tertiary/aromatic N) is 1. The fourth-order valence-electron chi connectivity index (χ4n) is 2.62. The van der Waals surface area contributed by atoms with Gasteiger partial charge >= 0.3 is 0 Å². The molecule has 7 heteroatoms. The highest BCUT2D eigenvalue weighted by molar-refractivity contribution is 5.90. The molecular weight excluding hydrogens is 392 g/mol. The van der Waals surface area contributed by atoms with Crippen molar-refractivity contribution < 1.29 is 19.4 Å². The van der Waals surface area contributed by atoms with Gasteiger partial charge in [0.25, 0.3) is 5.91 Å². The van der Waals surface area contributed by atoms with Crippen molar-refractivity contribution in [3.8, 4) is 23.3 Å². The Kier molecular flexibility index (Phi) is 9.49. The van der Waals surface area contributed by atoms with Crippen molar-refractivity contribution in [3.05, 3.63) is 59.7 Å².